The van der Waals surface area contributed by atoms with E-state index in [0.29, 0.717) is 0 Å². The van der Waals surface area contributed by atoms with Gasteiger partial charge in [-0.05, 0) is 13.8 Å². The Morgan fingerprint density at radius 3 is 3.07 bits per heavy atom. The predicted octanol–water partition coefficient (Wildman–Crippen LogP) is 2.22. The lowest BCUT2D eigenvalue weighted by molar-refractivity contribution is 0.862. The van der Waals surface area contributed by atoms with Crippen LogP contribution in [-0.4, -0.2) is 22.5 Å². The molecule has 1 aromatic heterocycles. The number of hydrogen-bond acceptors (Lipinski definition) is 6. The largest absolute Gasteiger partial charge is 0.360 e. The Hall–Kier alpha value is -0.800. The van der Waals surface area contributed by atoms with Gasteiger partial charge >= 0.3 is 0 Å². The third-order valence-corrected chi connectivity index (χ3v) is 3.69. The van der Waals surface area contributed by atoms with E-state index in [-0.39, 0.29) is 5.92 Å². The van der Waals surface area contributed by atoms with Gasteiger partial charge in [0.1, 0.15) is 0 Å². The molecular formula is C8H12N4S2. The van der Waals surface area contributed by atoms with Crippen molar-refractivity contribution in [2.24, 2.45) is 5.92 Å². The molecule has 0 bridgehead atoms. The van der Waals surface area contributed by atoms with Crippen LogP contribution in [0.25, 0.3) is 0 Å². The van der Waals surface area contributed by atoms with Crippen molar-refractivity contribution in [1.29, 1.82) is 5.26 Å². The average molecular weight is 228 g/mol. The lowest BCUT2D eigenvalue weighted by atomic mass is 10.3. The molecule has 0 unspecified atom stereocenters. The number of thioether (sulfide) groups is 1. The van der Waals surface area contributed by atoms with Gasteiger partial charge in [-0.1, -0.05) is 23.1 Å². The second-order valence-corrected chi connectivity index (χ2v) is 4.99. The molecule has 0 aliphatic heterocycles. The molecule has 0 aliphatic rings. The number of nitrogens with zero attached hydrogens (tertiary/aromatic N) is 3. The first kappa shape index (κ1) is 11.3. The van der Waals surface area contributed by atoms with Gasteiger partial charge in [-0.3, -0.25) is 0 Å². The molecule has 0 radical (unpaired) electrons. The summed E-state index contributed by atoms with van der Waals surface area (Å²) in [5.41, 5.74) is 0. The Labute approximate surface area is 91.7 Å². The van der Waals surface area contributed by atoms with Gasteiger partial charge in [0, 0.05) is 12.3 Å². The van der Waals surface area contributed by atoms with Crippen molar-refractivity contribution in [3.63, 3.8) is 0 Å². The van der Waals surface area contributed by atoms with E-state index in [2.05, 4.69) is 21.6 Å². The van der Waals surface area contributed by atoms with Crippen LogP contribution in [0.15, 0.2) is 4.34 Å². The molecule has 4 nitrogen and oxygen atoms in total. The maximum Gasteiger partial charge on any atom is 0.206 e. The molecular weight excluding hydrogens is 216 g/mol. The molecule has 0 saturated carbocycles. The Kier molecular flexibility index (Phi) is 4.70. The van der Waals surface area contributed by atoms with Gasteiger partial charge in [0.15, 0.2) is 4.34 Å². The van der Waals surface area contributed by atoms with Crippen LogP contribution in [0.1, 0.15) is 13.8 Å². The van der Waals surface area contributed by atoms with E-state index < -0.39 is 0 Å². The fourth-order valence-electron chi connectivity index (χ4n) is 0.724. The first-order chi connectivity index (χ1) is 6.76. The molecule has 0 spiro atoms. The zero-order valence-corrected chi connectivity index (χ0v) is 9.78. The molecule has 6 heteroatoms. The van der Waals surface area contributed by atoms with Crippen molar-refractivity contribution in [2.45, 2.75) is 18.2 Å². The first-order valence-corrected chi connectivity index (χ1v) is 6.16. The Balaban J connectivity index is 2.40. The Morgan fingerprint density at radius 2 is 2.43 bits per heavy atom. The molecule has 76 valence electrons. The molecule has 1 N–H and O–H groups in total. The summed E-state index contributed by atoms with van der Waals surface area (Å²) in [6.07, 6.45) is 0. The highest BCUT2D eigenvalue weighted by Gasteiger charge is 2.06. The van der Waals surface area contributed by atoms with Crippen LogP contribution in [-0.2, 0) is 0 Å². The van der Waals surface area contributed by atoms with Crippen molar-refractivity contribution in [1.82, 2.24) is 10.2 Å². The smallest absolute Gasteiger partial charge is 0.206 e. The molecule has 1 heterocycles. The molecule has 0 saturated heterocycles. The number of nitriles is 1. The van der Waals surface area contributed by atoms with E-state index >= 15 is 0 Å². The van der Waals surface area contributed by atoms with Crippen molar-refractivity contribution < 1.29 is 0 Å². The fraction of sp³-hybridized carbons (Fsp3) is 0.625. The van der Waals surface area contributed by atoms with E-state index in [1.807, 2.05) is 13.8 Å². The molecule has 1 aromatic rings. The summed E-state index contributed by atoms with van der Waals surface area (Å²) in [7, 11) is 0. The van der Waals surface area contributed by atoms with E-state index in [1.54, 1.807) is 11.8 Å². The van der Waals surface area contributed by atoms with E-state index in [4.69, 9.17) is 5.26 Å². The molecule has 1 atom stereocenters. The van der Waals surface area contributed by atoms with E-state index in [1.165, 1.54) is 11.3 Å². The van der Waals surface area contributed by atoms with Crippen LogP contribution in [0.5, 0.6) is 0 Å². The van der Waals surface area contributed by atoms with E-state index in [9.17, 15) is 0 Å². The Bertz CT molecular complexity index is 317. The number of nitrogens with one attached hydrogen (secondary N) is 1. The second-order valence-electron chi connectivity index (χ2n) is 2.74. The number of rotatable bonds is 5. The normalized spacial score (nSPS) is 12.1. The minimum absolute atomic E-state index is 0.0616. The minimum atomic E-state index is 0.0616. The van der Waals surface area contributed by atoms with Gasteiger partial charge in [-0.2, -0.15) is 5.26 Å². The van der Waals surface area contributed by atoms with Gasteiger partial charge in [-0.15, -0.1) is 10.2 Å². The van der Waals surface area contributed by atoms with Gasteiger partial charge in [0.25, 0.3) is 0 Å². The molecule has 0 aromatic carbocycles. The summed E-state index contributed by atoms with van der Waals surface area (Å²) in [4.78, 5) is 0. The summed E-state index contributed by atoms with van der Waals surface area (Å²) in [5.74, 6) is 0.837. The molecule has 14 heavy (non-hydrogen) atoms. The summed E-state index contributed by atoms with van der Waals surface area (Å²) in [6.45, 7) is 4.78. The zero-order chi connectivity index (χ0) is 10.4. The Morgan fingerprint density at radius 1 is 1.64 bits per heavy atom. The highest BCUT2D eigenvalue weighted by Crippen LogP contribution is 2.26. The lowest BCUT2D eigenvalue weighted by Gasteiger charge is -1.96. The van der Waals surface area contributed by atoms with Crippen molar-refractivity contribution in [2.75, 3.05) is 17.6 Å². The highest BCUT2D eigenvalue weighted by molar-refractivity contribution is 8.01. The number of hydrogen-bond donors (Lipinski definition) is 1. The predicted molar refractivity (Wildman–Crippen MR) is 59.6 cm³/mol. The number of anilines is 1. The minimum Gasteiger partial charge on any atom is -0.360 e. The van der Waals surface area contributed by atoms with Gasteiger partial charge in [-0.25, -0.2) is 0 Å². The summed E-state index contributed by atoms with van der Waals surface area (Å²) >= 11 is 3.11. The SMILES string of the molecule is CCNc1nnc(SC[C@H](C)C#N)s1. The van der Waals surface area contributed by atoms with Crippen LogP contribution in [0, 0.1) is 17.2 Å². The highest BCUT2D eigenvalue weighted by atomic mass is 32.2. The molecule has 0 amide bonds. The maximum atomic E-state index is 8.59. The molecule has 0 fully saturated rings. The fourth-order valence-corrected chi connectivity index (χ4v) is 2.51. The quantitative estimate of drug-likeness (QED) is 0.783. The van der Waals surface area contributed by atoms with Gasteiger partial charge in [0.05, 0.1) is 12.0 Å². The average Bonchev–Trinajstić information content (AvgIpc) is 2.63. The second kappa shape index (κ2) is 5.83. The third kappa shape index (κ3) is 3.52. The van der Waals surface area contributed by atoms with Crippen molar-refractivity contribution in [3.05, 3.63) is 0 Å². The summed E-state index contributed by atoms with van der Waals surface area (Å²) in [6, 6.07) is 2.19. The summed E-state index contributed by atoms with van der Waals surface area (Å²) in [5, 5.41) is 20.5. The summed E-state index contributed by atoms with van der Waals surface area (Å²) < 4.78 is 0.919. The van der Waals surface area contributed by atoms with Crippen LogP contribution in [0.2, 0.25) is 0 Å². The van der Waals surface area contributed by atoms with E-state index in [0.717, 1.165) is 21.8 Å². The van der Waals surface area contributed by atoms with Gasteiger partial charge in [0.2, 0.25) is 5.13 Å². The topological polar surface area (TPSA) is 61.6 Å². The lowest BCUT2D eigenvalue weighted by Crippen LogP contribution is -1.94. The van der Waals surface area contributed by atoms with Gasteiger partial charge < -0.3 is 5.32 Å². The van der Waals surface area contributed by atoms with Crippen LogP contribution in [0.4, 0.5) is 5.13 Å². The standard InChI is InChI=1S/C8H12N4S2/c1-3-10-7-11-12-8(14-7)13-5-6(2)4-9/h6H,3,5H2,1-2H3,(H,10,11)/t6-/m1/s1. The molecule has 1 rings (SSSR count). The van der Waals surface area contributed by atoms with Crippen LogP contribution >= 0.6 is 23.1 Å². The van der Waals surface area contributed by atoms with Crippen molar-refractivity contribution in [3.8, 4) is 6.07 Å². The molecule has 0 aliphatic carbocycles. The van der Waals surface area contributed by atoms with Crippen molar-refractivity contribution >= 4 is 28.2 Å². The zero-order valence-electron chi connectivity index (χ0n) is 8.15. The first-order valence-electron chi connectivity index (χ1n) is 4.36. The third-order valence-electron chi connectivity index (χ3n) is 1.41. The maximum absolute atomic E-state index is 8.59. The number of aromatic nitrogens is 2. The van der Waals surface area contributed by atoms with Crippen LogP contribution in [0.3, 0.4) is 0 Å². The van der Waals surface area contributed by atoms with Crippen LogP contribution < -0.4 is 5.32 Å². The monoisotopic (exact) mass is 228 g/mol.